The first kappa shape index (κ1) is 13.2. The molecule has 5 nitrogen and oxygen atoms in total. The fourth-order valence-corrected chi connectivity index (χ4v) is 2.53. The first-order valence-corrected chi connectivity index (χ1v) is 6.24. The SMILES string of the molecule is Cc1cc(O)cc(Sc2ccc([N+](=O)[O-])cc2)c1O. The molecule has 0 saturated heterocycles. The number of non-ortho nitro benzene ring substituents is 1. The smallest absolute Gasteiger partial charge is 0.269 e. The molecular weight excluding hydrogens is 266 g/mol. The van der Waals surface area contributed by atoms with Crippen molar-refractivity contribution < 1.29 is 15.1 Å². The highest BCUT2D eigenvalue weighted by atomic mass is 32.2. The molecule has 0 unspecified atom stereocenters. The molecule has 0 aromatic heterocycles. The summed E-state index contributed by atoms with van der Waals surface area (Å²) in [5.74, 6) is 0.167. The summed E-state index contributed by atoms with van der Waals surface area (Å²) in [4.78, 5) is 11.3. The van der Waals surface area contributed by atoms with Crippen molar-refractivity contribution in [2.45, 2.75) is 16.7 Å². The Labute approximate surface area is 113 Å². The normalized spacial score (nSPS) is 10.4. The number of nitro groups is 1. The van der Waals surface area contributed by atoms with Crippen LogP contribution in [0.4, 0.5) is 5.69 Å². The van der Waals surface area contributed by atoms with Gasteiger partial charge >= 0.3 is 0 Å². The van der Waals surface area contributed by atoms with Crippen LogP contribution in [-0.4, -0.2) is 15.1 Å². The van der Waals surface area contributed by atoms with Crippen molar-refractivity contribution in [2.75, 3.05) is 0 Å². The monoisotopic (exact) mass is 277 g/mol. The molecule has 98 valence electrons. The van der Waals surface area contributed by atoms with E-state index in [4.69, 9.17) is 0 Å². The van der Waals surface area contributed by atoms with Crippen LogP contribution in [0.3, 0.4) is 0 Å². The van der Waals surface area contributed by atoms with E-state index in [1.54, 1.807) is 19.1 Å². The Balaban J connectivity index is 2.28. The van der Waals surface area contributed by atoms with Crippen molar-refractivity contribution in [3.05, 3.63) is 52.1 Å². The standard InChI is InChI=1S/C13H11NO4S/c1-8-6-10(15)7-12(13(8)16)19-11-4-2-9(3-5-11)14(17)18/h2-7,15-16H,1H3. The number of aromatic hydroxyl groups is 2. The van der Waals surface area contributed by atoms with Crippen LogP contribution in [0, 0.1) is 17.0 Å². The van der Waals surface area contributed by atoms with Gasteiger partial charge in [0.1, 0.15) is 11.5 Å². The van der Waals surface area contributed by atoms with E-state index in [0.717, 1.165) is 4.90 Å². The molecule has 6 heteroatoms. The number of nitrogens with zero attached hydrogens (tertiary/aromatic N) is 1. The average molecular weight is 277 g/mol. The van der Waals surface area contributed by atoms with Crippen LogP contribution in [0.25, 0.3) is 0 Å². The molecule has 0 aliphatic rings. The minimum Gasteiger partial charge on any atom is -0.508 e. The van der Waals surface area contributed by atoms with E-state index in [1.807, 2.05) is 0 Å². The Kier molecular flexibility index (Phi) is 3.62. The predicted octanol–water partition coefficient (Wildman–Crippen LogP) is 3.47. The molecule has 2 aromatic rings. The van der Waals surface area contributed by atoms with E-state index in [2.05, 4.69) is 0 Å². The first-order valence-electron chi connectivity index (χ1n) is 5.42. The van der Waals surface area contributed by atoms with Crippen LogP contribution in [0.2, 0.25) is 0 Å². The van der Waals surface area contributed by atoms with Gasteiger partial charge in [-0.25, -0.2) is 0 Å². The second kappa shape index (κ2) is 5.19. The average Bonchev–Trinajstić information content (AvgIpc) is 2.36. The van der Waals surface area contributed by atoms with Crippen molar-refractivity contribution in [1.82, 2.24) is 0 Å². The van der Waals surface area contributed by atoms with Gasteiger partial charge in [-0.3, -0.25) is 10.1 Å². The molecule has 0 radical (unpaired) electrons. The Morgan fingerprint density at radius 1 is 1.16 bits per heavy atom. The van der Waals surface area contributed by atoms with Gasteiger partial charge in [-0.05, 0) is 36.8 Å². The van der Waals surface area contributed by atoms with E-state index in [-0.39, 0.29) is 17.2 Å². The quantitative estimate of drug-likeness (QED) is 0.510. The van der Waals surface area contributed by atoms with Gasteiger partial charge in [0.2, 0.25) is 0 Å². The maximum atomic E-state index is 10.5. The second-order valence-electron chi connectivity index (χ2n) is 3.96. The predicted molar refractivity (Wildman–Crippen MR) is 71.7 cm³/mol. The Bertz CT molecular complexity index is 625. The van der Waals surface area contributed by atoms with Crippen LogP contribution in [-0.2, 0) is 0 Å². The summed E-state index contributed by atoms with van der Waals surface area (Å²) in [5.41, 5.74) is 0.588. The lowest BCUT2D eigenvalue weighted by atomic mass is 10.2. The fraction of sp³-hybridized carbons (Fsp3) is 0.0769. The molecule has 0 saturated carbocycles. The zero-order valence-corrected chi connectivity index (χ0v) is 10.8. The molecule has 0 amide bonds. The van der Waals surface area contributed by atoms with Crippen LogP contribution in [0.15, 0.2) is 46.2 Å². The van der Waals surface area contributed by atoms with Gasteiger partial charge in [-0.2, -0.15) is 0 Å². The lowest BCUT2D eigenvalue weighted by Crippen LogP contribution is -1.86. The summed E-state index contributed by atoms with van der Waals surface area (Å²) in [5, 5.41) is 29.9. The minimum absolute atomic E-state index is 0.0145. The number of benzene rings is 2. The molecule has 0 aliphatic heterocycles. The van der Waals surface area contributed by atoms with Gasteiger partial charge in [0.05, 0.1) is 9.82 Å². The van der Waals surface area contributed by atoms with Crippen molar-refractivity contribution in [1.29, 1.82) is 0 Å². The van der Waals surface area contributed by atoms with Crippen molar-refractivity contribution >= 4 is 17.4 Å². The molecule has 0 spiro atoms. The van der Waals surface area contributed by atoms with E-state index < -0.39 is 4.92 Å². The Hall–Kier alpha value is -2.21. The molecule has 0 heterocycles. The third kappa shape index (κ3) is 2.97. The largest absolute Gasteiger partial charge is 0.508 e. The number of nitro benzene ring substituents is 1. The minimum atomic E-state index is -0.468. The number of aryl methyl sites for hydroxylation is 1. The lowest BCUT2D eigenvalue weighted by Gasteiger charge is -2.07. The molecule has 2 aromatic carbocycles. The molecule has 0 aliphatic carbocycles. The molecule has 2 N–H and O–H groups in total. The first-order chi connectivity index (χ1) is 8.97. The van der Waals surface area contributed by atoms with Crippen molar-refractivity contribution in [3.8, 4) is 11.5 Å². The summed E-state index contributed by atoms with van der Waals surface area (Å²) in [7, 11) is 0. The van der Waals surface area contributed by atoms with Gasteiger partial charge < -0.3 is 10.2 Å². The number of hydrogen-bond donors (Lipinski definition) is 2. The molecule has 19 heavy (non-hydrogen) atoms. The Morgan fingerprint density at radius 2 is 1.79 bits per heavy atom. The fourth-order valence-electron chi connectivity index (χ4n) is 1.57. The maximum absolute atomic E-state index is 10.5. The van der Waals surface area contributed by atoms with E-state index >= 15 is 0 Å². The molecule has 0 bridgehead atoms. The van der Waals surface area contributed by atoms with E-state index in [0.29, 0.717) is 10.5 Å². The third-order valence-corrected chi connectivity index (χ3v) is 3.56. The summed E-state index contributed by atoms with van der Waals surface area (Å²) in [6.07, 6.45) is 0. The van der Waals surface area contributed by atoms with E-state index in [1.165, 1.54) is 36.0 Å². The van der Waals surface area contributed by atoms with Crippen molar-refractivity contribution in [3.63, 3.8) is 0 Å². The highest BCUT2D eigenvalue weighted by molar-refractivity contribution is 7.99. The molecule has 2 rings (SSSR count). The third-order valence-electron chi connectivity index (χ3n) is 2.53. The van der Waals surface area contributed by atoms with Gasteiger partial charge in [0.15, 0.2) is 0 Å². The summed E-state index contributed by atoms with van der Waals surface area (Å²) >= 11 is 1.23. The zero-order chi connectivity index (χ0) is 14.0. The highest BCUT2D eigenvalue weighted by Crippen LogP contribution is 2.39. The lowest BCUT2D eigenvalue weighted by molar-refractivity contribution is -0.384. The van der Waals surface area contributed by atoms with Gasteiger partial charge in [0, 0.05) is 17.0 Å². The second-order valence-corrected chi connectivity index (χ2v) is 5.08. The molecule has 0 atom stereocenters. The van der Waals surface area contributed by atoms with Crippen LogP contribution in [0.1, 0.15) is 5.56 Å². The summed E-state index contributed by atoms with van der Waals surface area (Å²) in [6, 6.07) is 8.91. The van der Waals surface area contributed by atoms with Crippen LogP contribution < -0.4 is 0 Å². The zero-order valence-electron chi connectivity index (χ0n) is 10.0. The highest BCUT2D eigenvalue weighted by Gasteiger charge is 2.10. The summed E-state index contributed by atoms with van der Waals surface area (Å²) in [6.45, 7) is 1.69. The number of phenolic OH excluding ortho intramolecular Hbond substituents is 2. The summed E-state index contributed by atoms with van der Waals surface area (Å²) < 4.78 is 0. The topological polar surface area (TPSA) is 83.6 Å². The maximum Gasteiger partial charge on any atom is 0.269 e. The van der Waals surface area contributed by atoms with Gasteiger partial charge in [0.25, 0.3) is 5.69 Å². The Morgan fingerprint density at radius 3 is 2.37 bits per heavy atom. The van der Waals surface area contributed by atoms with Gasteiger partial charge in [-0.1, -0.05) is 11.8 Å². The molecular formula is C13H11NO4S. The number of hydrogen-bond acceptors (Lipinski definition) is 5. The van der Waals surface area contributed by atoms with Crippen LogP contribution >= 0.6 is 11.8 Å². The van der Waals surface area contributed by atoms with E-state index in [9.17, 15) is 20.3 Å². The number of phenols is 2. The molecule has 0 fully saturated rings. The van der Waals surface area contributed by atoms with Crippen molar-refractivity contribution in [2.24, 2.45) is 0 Å². The van der Waals surface area contributed by atoms with Gasteiger partial charge in [-0.15, -0.1) is 0 Å². The number of rotatable bonds is 3. The van der Waals surface area contributed by atoms with Crippen LogP contribution in [0.5, 0.6) is 11.5 Å².